The van der Waals surface area contributed by atoms with Crippen molar-refractivity contribution in [2.75, 3.05) is 23.7 Å². The molecule has 3 aromatic rings. The molecular formula is C16H18F3N5OS2. The Kier molecular flexibility index (Phi) is 4.89. The molecule has 146 valence electrons. The first-order valence-electron chi connectivity index (χ1n) is 7.98. The van der Waals surface area contributed by atoms with E-state index < -0.39 is 11.7 Å². The Morgan fingerprint density at radius 1 is 1.22 bits per heavy atom. The van der Waals surface area contributed by atoms with E-state index in [1.807, 2.05) is 0 Å². The van der Waals surface area contributed by atoms with Crippen molar-refractivity contribution in [2.45, 2.75) is 24.7 Å². The fourth-order valence-corrected chi connectivity index (χ4v) is 3.94. The summed E-state index contributed by atoms with van der Waals surface area (Å²) in [6.07, 6.45) is -3.54. The molecule has 5 rings (SSSR count). The number of nitrogen functional groups attached to an aromatic ring is 1. The summed E-state index contributed by atoms with van der Waals surface area (Å²) >= 11 is 0. The number of anilines is 2. The maximum atomic E-state index is 13.4. The average Bonchev–Trinajstić information content (AvgIpc) is 3.26. The van der Waals surface area contributed by atoms with Crippen molar-refractivity contribution in [1.82, 2.24) is 15.3 Å². The van der Waals surface area contributed by atoms with Crippen molar-refractivity contribution in [2.24, 2.45) is 0 Å². The largest absolute Gasteiger partial charge is 0.450 e. The quantitative estimate of drug-likeness (QED) is 0.634. The number of nitrogens with two attached hydrogens (primary N) is 1. The third-order valence-corrected chi connectivity index (χ3v) is 4.97. The van der Waals surface area contributed by atoms with Crippen molar-refractivity contribution in [1.29, 1.82) is 0 Å². The van der Waals surface area contributed by atoms with Crippen LogP contribution in [0.4, 0.5) is 24.9 Å². The fourth-order valence-electron chi connectivity index (χ4n) is 3.94. The Morgan fingerprint density at radius 3 is 2.63 bits per heavy atom. The number of nitrogens with zero attached hydrogens (tertiary/aromatic N) is 3. The Morgan fingerprint density at radius 2 is 2.00 bits per heavy atom. The second kappa shape index (κ2) is 6.64. The molecule has 0 amide bonds. The molecule has 0 radical (unpaired) electrons. The third-order valence-electron chi connectivity index (χ3n) is 4.97. The van der Waals surface area contributed by atoms with E-state index in [-0.39, 0.29) is 61.1 Å². The number of alkyl halides is 3. The van der Waals surface area contributed by atoms with Gasteiger partial charge >= 0.3 is 6.18 Å². The van der Waals surface area contributed by atoms with Crippen LogP contribution in [0, 0.1) is 0 Å². The number of hydrogen-bond acceptors (Lipinski definition) is 6. The summed E-state index contributed by atoms with van der Waals surface area (Å²) in [6.45, 7) is 1.53. The van der Waals surface area contributed by atoms with E-state index in [9.17, 15) is 13.2 Å². The van der Waals surface area contributed by atoms with Crippen molar-refractivity contribution >= 4 is 60.8 Å². The molecule has 0 aliphatic carbocycles. The SMILES string of the molecule is Nc1nc(N2CC3C[C@H]2CN3)c2oc3cccc(C(F)(F)F)c3c2n1.S.S. The van der Waals surface area contributed by atoms with E-state index in [0.29, 0.717) is 11.9 Å². The first-order valence-corrected chi connectivity index (χ1v) is 7.98. The first kappa shape index (κ1) is 19.9. The molecule has 4 heterocycles. The summed E-state index contributed by atoms with van der Waals surface area (Å²) < 4.78 is 46.0. The van der Waals surface area contributed by atoms with Gasteiger partial charge < -0.3 is 20.4 Å². The second-order valence-corrected chi connectivity index (χ2v) is 6.51. The minimum Gasteiger partial charge on any atom is -0.450 e. The van der Waals surface area contributed by atoms with Gasteiger partial charge in [0.2, 0.25) is 5.95 Å². The Labute approximate surface area is 166 Å². The van der Waals surface area contributed by atoms with E-state index in [4.69, 9.17) is 10.2 Å². The van der Waals surface area contributed by atoms with Crippen LogP contribution in [-0.4, -0.2) is 35.1 Å². The van der Waals surface area contributed by atoms with Gasteiger partial charge in [-0.1, -0.05) is 6.07 Å². The first-order chi connectivity index (χ1) is 11.9. The number of benzene rings is 1. The zero-order valence-electron chi connectivity index (χ0n) is 14.0. The summed E-state index contributed by atoms with van der Waals surface area (Å²) in [5.41, 5.74) is 5.53. The summed E-state index contributed by atoms with van der Waals surface area (Å²) in [5, 5.41) is 3.31. The van der Waals surface area contributed by atoms with E-state index >= 15 is 0 Å². The van der Waals surface area contributed by atoms with Gasteiger partial charge in [0.05, 0.1) is 10.9 Å². The van der Waals surface area contributed by atoms with E-state index in [1.165, 1.54) is 12.1 Å². The molecule has 0 spiro atoms. The predicted octanol–water partition coefficient (Wildman–Crippen LogP) is 2.75. The molecule has 2 atom stereocenters. The summed E-state index contributed by atoms with van der Waals surface area (Å²) in [4.78, 5) is 10.4. The molecule has 2 aliphatic rings. The van der Waals surface area contributed by atoms with Gasteiger partial charge in [-0.25, -0.2) is 4.98 Å². The summed E-state index contributed by atoms with van der Waals surface area (Å²) in [6, 6.07) is 4.44. The van der Waals surface area contributed by atoms with Gasteiger partial charge in [0.25, 0.3) is 0 Å². The van der Waals surface area contributed by atoms with Crippen LogP contribution in [0.15, 0.2) is 22.6 Å². The number of halogens is 3. The highest BCUT2D eigenvalue weighted by atomic mass is 32.1. The maximum Gasteiger partial charge on any atom is 0.417 e. The minimum absolute atomic E-state index is 0. The van der Waals surface area contributed by atoms with Gasteiger partial charge in [0, 0.05) is 25.2 Å². The van der Waals surface area contributed by atoms with Gasteiger partial charge in [0.1, 0.15) is 11.1 Å². The molecule has 11 heteroatoms. The maximum absolute atomic E-state index is 13.4. The lowest BCUT2D eigenvalue weighted by Crippen LogP contribution is -2.44. The normalized spacial score (nSPS) is 21.5. The summed E-state index contributed by atoms with van der Waals surface area (Å²) in [5.74, 6) is 0.415. The molecule has 6 nitrogen and oxygen atoms in total. The van der Waals surface area contributed by atoms with Crippen molar-refractivity contribution in [3.05, 3.63) is 23.8 Å². The molecule has 2 saturated heterocycles. The van der Waals surface area contributed by atoms with Gasteiger partial charge in [0.15, 0.2) is 11.4 Å². The van der Waals surface area contributed by atoms with E-state index in [2.05, 4.69) is 20.2 Å². The highest BCUT2D eigenvalue weighted by Crippen LogP contribution is 2.42. The van der Waals surface area contributed by atoms with Gasteiger partial charge in [-0.05, 0) is 18.6 Å². The molecular weight excluding hydrogens is 399 g/mol. The molecule has 0 saturated carbocycles. The number of hydrogen-bond donors (Lipinski definition) is 2. The molecule has 2 bridgehead atoms. The zero-order valence-corrected chi connectivity index (χ0v) is 16.0. The van der Waals surface area contributed by atoms with Crippen molar-refractivity contribution in [3.8, 4) is 0 Å². The molecule has 1 aromatic carbocycles. The van der Waals surface area contributed by atoms with Gasteiger partial charge in [-0.2, -0.15) is 45.1 Å². The van der Waals surface area contributed by atoms with Crippen molar-refractivity contribution in [3.63, 3.8) is 0 Å². The number of piperazine rings is 1. The molecule has 2 aromatic heterocycles. The van der Waals surface area contributed by atoms with Crippen LogP contribution < -0.4 is 16.0 Å². The number of fused-ring (bicyclic) bond motifs is 5. The molecule has 3 N–H and O–H groups in total. The predicted molar refractivity (Wildman–Crippen MR) is 107 cm³/mol. The Bertz CT molecular complexity index is 1010. The number of aromatic nitrogens is 2. The van der Waals surface area contributed by atoms with Crippen LogP contribution in [0.1, 0.15) is 12.0 Å². The topological polar surface area (TPSA) is 80.2 Å². The smallest absolute Gasteiger partial charge is 0.417 e. The van der Waals surface area contributed by atoms with Crippen LogP contribution in [0.25, 0.3) is 22.1 Å². The lowest BCUT2D eigenvalue weighted by atomic mass is 10.1. The Balaban J connectivity index is 0.00000105. The van der Waals surface area contributed by atoms with E-state index in [0.717, 1.165) is 25.6 Å². The van der Waals surface area contributed by atoms with Crippen LogP contribution >= 0.6 is 27.0 Å². The average molecular weight is 417 g/mol. The third kappa shape index (κ3) is 2.97. The second-order valence-electron chi connectivity index (χ2n) is 6.51. The van der Waals surface area contributed by atoms with Gasteiger partial charge in [-0.3, -0.25) is 0 Å². The monoisotopic (exact) mass is 417 g/mol. The van der Waals surface area contributed by atoms with Crippen LogP contribution in [0.2, 0.25) is 0 Å². The fraction of sp³-hybridized carbons (Fsp3) is 0.375. The lowest BCUT2D eigenvalue weighted by molar-refractivity contribution is -0.136. The van der Waals surface area contributed by atoms with Crippen molar-refractivity contribution < 1.29 is 17.6 Å². The lowest BCUT2D eigenvalue weighted by Gasteiger charge is -2.28. The Hall–Kier alpha value is -1.85. The van der Waals surface area contributed by atoms with Crippen LogP contribution in [0.5, 0.6) is 0 Å². The van der Waals surface area contributed by atoms with Gasteiger partial charge in [-0.15, -0.1) is 0 Å². The van der Waals surface area contributed by atoms with Crippen LogP contribution in [-0.2, 0) is 6.18 Å². The molecule has 27 heavy (non-hydrogen) atoms. The summed E-state index contributed by atoms with van der Waals surface area (Å²) in [7, 11) is 0. The number of furan rings is 1. The standard InChI is InChI=1S/C16H14F3N5O.2H2S/c17-16(18,19)9-2-1-3-10-11(9)12-13(25-10)14(23-15(20)22-12)24-6-7-4-8(24)5-21-7;;/h1-3,7-8,21H,4-6H2,(H2,20,22,23);2*1H2/t7?,8-;;/m0../s1. The zero-order chi connectivity index (χ0) is 17.3. The highest BCUT2D eigenvalue weighted by Gasteiger charge is 2.40. The molecule has 1 unspecified atom stereocenters. The highest BCUT2D eigenvalue weighted by molar-refractivity contribution is 7.59. The number of nitrogens with one attached hydrogen (secondary N) is 1. The molecule has 2 aliphatic heterocycles. The minimum atomic E-state index is -4.51. The van der Waals surface area contributed by atoms with E-state index in [1.54, 1.807) is 0 Å². The number of rotatable bonds is 1. The molecule has 2 fully saturated rings. The van der Waals surface area contributed by atoms with Crippen LogP contribution in [0.3, 0.4) is 0 Å².